The summed E-state index contributed by atoms with van der Waals surface area (Å²) in [7, 11) is 1.99. The molecule has 0 aromatic carbocycles. The van der Waals surface area contributed by atoms with Crippen LogP contribution in [0.4, 0.5) is 0 Å². The minimum atomic E-state index is 0.101. The van der Waals surface area contributed by atoms with Crippen LogP contribution < -0.4 is 5.32 Å². The molecule has 0 aliphatic heterocycles. The Bertz CT molecular complexity index is 589. The fourth-order valence-corrected chi connectivity index (χ4v) is 3.52. The molecule has 2 aromatic rings. The van der Waals surface area contributed by atoms with Crippen LogP contribution in [0, 0.1) is 0 Å². The Morgan fingerprint density at radius 1 is 1.40 bits per heavy atom. The van der Waals surface area contributed by atoms with Gasteiger partial charge in [-0.2, -0.15) is 0 Å². The standard InChI is InChI=1S/C15H22N4S/c1-15(2,3)12-8-20-14(18-12)13(16-4)11-7-17-9-19(11)10-5-6-10/h7-10,13,16H,5-6H2,1-4H3. The van der Waals surface area contributed by atoms with Crippen LogP contribution in [-0.4, -0.2) is 21.6 Å². The third-order valence-corrected chi connectivity index (χ3v) is 4.67. The molecule has 2 heterocycles. The highest BCUT2D eigenvalue weighted by atomic mass is 32.1. The van der Waals surface area contributed by atoms with Crippen molar-refractivity contribution in [2.75, 3.05) is 7.05 Å². The van der Waals surface area contributed by atoms with E-state index in [9.17, 15) is 0 Å². The number of imidazole rings is 1. The van der Waals surface area contributed by atoms with Crippen molar-refractivity contribution in [3.63, 3.8) is 0 Å². The summed E-state index contributed by atoms with van der Waals surface area (Å²) in [6.45, 7) is 6.61. The Labute approximate surface area is 124 Å². The molecule has 3 rings (SSSR count). The van der Waals surface area contributed by atoms with Gasteiger partial charge in [-0.25, -0.2) is 9.97 Å². The molecular formula is C15H22N4S. The van der Waals surface area contributed by atoms with Crippen LogP contribution in [0.3, 0.4) is 0 Å². The third kappa shape index (κ3) is 2.52. The van der Waals surface area contributed by atoms with E-state index in [0.29, 0.717) is 6.04 Å². The number of nitrogens with zero attached hydrogens (tertiary/aromatic N) is 3. The monoisotopic (exact) mass is 290 g/mol. The zero-order valence-electron chi connectivity index (χ0n) is 12.6. The van der Waals surface area contributed by atoms with Gasteiger partial charge >= 0.3 is 0 Å². The normalized spacial score (nSPS) is 17.4. The number of aromatic nitrogens is 3. The van der Waals surface area contributed by atoms with E-state index in [-0.39, 0.29) is 11.5 Å². The molecule has 1 saturated carbocycles. The maximum Gasteiger partial charge on any atom is 0.116 e. The van der Waals surface area contributed by atoms with Crippen LogP contribution in [-0.2, 0) is 5.41 Å². The lowest BCUT2D eigenvalue weighted by Crippen LogP contribution is -2.21. The highest BCUT2D eigenvalue weighted by Crippen LogP contribution is 2.38. The van der Waals surface area contributed by atoms with Crippen LogP contribution >= 0.6 is 11.3 Å². The van der Waals surface area contributed by atoms with Crippen LogP contribution in [0.1, 0.15) is 62.1 Å². The number of hydrogen-bond donors (Lipinski definition) is 1. The second kappa shape index (κ2) is 4.97. The van der Waals surface area contributed by atoms with Crippen molar-refractivity contribution in [2.24, 2.45) is 0 Å². The lowest BCUT2D eigenvalue weighted by atomic mass is 9.93. The molecule has 5 heteroatoms. The van der Waals surface area contributed by atoms with Crippen molar-refractivity contribution < 1.29 is 0 Å². The molecule has 0 spiro atoms. The average Bonchev–Trinajstić information content (AvgIpc) is 2.91. The van der Waals surface area contributed by atoms with Gasteiger partial charge in [0.2, 0.25) is 0 Å². The zero-order chi connectivity index (χ0) is 14.3. The summed E-state index contributed by atoms with van der Waals surface area (Å²) >= 11 is 1.73. The second-order valence-electron chi connectivity index (χ2n) is 6.50. The van der Waals surface area contributed by atoms with Crippen LogP contribution in [0.5, 0.6) is 0 Å². The molecular weight excluding hydrogens is 268 g/mol. The summed E-state index contributed by atoms with van der Waals surface area (Å²) in [6.07, 6.45) is 6.46. The maximum absolute atomic E-state index is 4.84. The number of hydrogen-bond acceptors (Lipinski definition) is 4. The fourth-order valence-electron chi connectivity index (χ4n) is 2.36. The Hall–Kier alpha value is -1.20. The highest BCUT2D eigenvalue weighted by Gasteiger charge is 2.29. The number of thiazole rings is 1. The minimum Gasteiger partial charge on any atom is -0.330 e. The Morgan fingerprint density at radius 2 is 2.15 bits per heavy atom. The molecule has 1 N–H and O–H groups in total. The number of rotatable bonds is 4. The first-order chi connectivity index (χ1) is 9.50. The smallest absolute Gasteiger partial charge is 0.116 e. The molecule has 1 aliphatic carbocycles. The molecule has 1 fully saturated rings. The SMILES string of the molecule is CNC(c1nc(C(C)(C)C)cs1)c1cncn1C1CC1. The first-order valence-corrected chi connectivity index (χ1v) is 8.03. The predicted octanol–water partition coefficient (Wildman–Crippen LogP) is 3.28. The lowest BCUT2D eigenvalue weighted by Gasteiger charge is -2.17. The van der Waals surface area contributed by atoms with E-state index in [1.54, 1.807) is 11.3 Å². The summed E-state index contributed by atoms with van der Waals surface area (Å²) < 4.78 is 2.30. The molecule has 2 aromatic heterocycles. The summed E-state index contributed by atoms with van der Waals surface area (Å²) in [5, 5.41) is 6.70. The van der Waals surface area contributed by atoms with E-state index in [1.807, 2.05) is 19.6 Å². The molecule has 0 radical (unpaired) electrons. The van der Waals surface area contributed by atoms with E-state index < -0.39 is 0 Å². The van der Waals surface area contributed by atoms with Crippen LogP contribution in [0.25, 0.3) is 0 Å². The van der Waals surface area contributed by atoms with Crippen molar-refractivity contribution in [3.05, 3.63) is 34.3 Å². The highest BCUT2D eigenvalue weighted by molar-refractivity contribution is 7.09. The first-order valence-electron chi connectivity index (χ1n) is 7.15. The molecule has 20 heavy (non-hydrogen) atoms. The van der Waals surface area contributed by atoms with Crippen LogP contribution in [0.2, 0.25) is 0 Å². The van der Waals surface area contributed by atoms with Gasteiger partial charge in [0.05, 0.1) is 23.9 Å². The summed E-state index contributed by atoms with van der Waals surface area (Å²) in [4.78, 5) is 9.18. The molecule has 1 aliphatic rings. The van der Waals surface area contributed by atoms with Gasteiger partial charge in [-0.05, 0) is 19.9 Å². The summed E-state index contributed by atoms with van der Waals surface area (Å²) in [5.74, 6) is 0. The fraction of sp³-hybridized carbons (Fsp3) is 0.600. The van der Waals surface area contributed by atoms with Crippen molar-refractivity contribution in [3.8, 4) is 0 Å². The van der Waals surface area contributed by atoms with Gasteiger partial charge in [0.1, 0.15) is 11.0 Å². The lowest BCUT2D eigenvalue weighted by molar-refractivity contribution is 0.559. The Kier molecular flexibility index (Phi) is 3.42. The molecule has 0 saturated heterocycles. The second-order valence-corrected chi connectivity index (χ2v) is 7.39. The maximum atomic E-state index is 4.84. The van der Waals surface area contributed by atoms with Crippen molar-refractivity contribution in [1.82, 2.24) is 19.9 Å². The van der Waals surface area contributed by atoms with Gasteiger partial charge in [0.25, 0.3) is 0 Å². The van der Waals surface area contributed by atoms with E-state index in [4.69, 9.17) is 4.98 Å². The Morgan fingerprint density at radius 3 is 2.70 bits per heavy atom. The van der Waals surface area contributed by atoms with Crippen LogP contribution in [0.15, 0.2) is 17.9 Å². The topological polar surface area (TPSA) is 42.7 Å². The predicted molar refractivity (Wildman–Crippen MR) is 82.2 cm³/mol. The number of nitrogens with one attached hydrogen (secondary N) is 1. The molecule has 0 bridgehead atoms. The van der Waals surface area contributed by atoms with Gasteiger partial charge in [-0.15, -0.1) is 11.3 Å². The van der Waals surface area contributed by atoms with Gasteiger partial charge in [0.15, 0.2) is 0 Å². The van der Waals surface area contributed by atoms with Crippen molar-refractivity contribution in [1.29, 1.82) is 0 Å². The zero-order valence-corrected chi connectivity index (χ0v) is 13.4. The molecule has 1 unspecified atom stereocenters. The van der Waals surface area contributed by atoms with Gasteiger partial charge in [-0.3, -0.25) is 0 Å². The largest absolute Gasteiger partial charge is 0.330 e. The molecule has 108 valence electrons. The van der Waals surface area contributed by atoms with Crippen molar-refractivity contribution in [2.45, 2.75) is 51.1 Å². The van der Waals surface area contributed by atoms with E-state index in [2.05, 4.69) is 41.0 Å². The Balaban J connectivity index is 1.93. The summed E-state index contributed by atoms with van der Waals surface area (Å²) in [6, 6.07) is 0.782. The van der Waals surface area contributed by atoms with Gasteiger partial charge in [-0.1, -0.05) is 20.8 Å². The summed E-state index contributed by atoms with van der Waals surface area (Å²) in [5.41, 5.74) is 2.49. The minimum absolute atomic E-state index is 0.101. The third-order valence-electron chi connectivity index (χ3n) is 3.76. The molecule has 4 nitrogen and oxygen atoms in total. The average molecular weight is 290 g/mol. The van der Waals surface area contributed by atoms with Crippen molar-refractivity contribution >= 4 is 11.3 Å². The van der Waals surface area contributed by atoms with E-state index >= 15 is 0 Å². The first kappa shape index (κ1) is 13.8. The van der Waals surface area contributed by atoms with Gasteiger partial charge in [0, 0.05) is 16.8 Å². The van der Waals surface area contributed by atoms with E-state index in [1.165, 1.54) is 18.5 Å². The molecule has 1 atom stereocenters. The molecule has 0 amide bonds. The van der Waals surface area contributed by atoms with Gasteiger partial charge < -0.3 is 9.88 Å². The quantitative estimate of drug-likeness (QED) is 0.939. The van der Waals surface area contributed by atoms with E-state index in [0.717, 1.165) is 10.7 Å².